The molecule has 1 fully saturated rings. The Kier molecular flexibility index (Phi) is 4.02. The summed E-state index contributed by atoms with van der Waals surface area (Å²) in [6.07, 6.45) is 1.77. The van der Waals surface area contributed by atoms with E-state index in [-0.39, 0.29) is 17.3 Å². The minimum atomic E-state index is -3.71. The van der Waals surface area contributed by atoms with Crippen LogP contribution in [-0.4, -0.2) is 56.9 Å². The number of rotatable bonds is 3. The lowest BCUT2D eigenvalue weighted by Crippen LogP contribution is -2.51. The monoisotopic (exact) mass is 414 g/mol. The van der Waals surface area contributed by atoms with Crippen LogP contribution in [0.25, 0.3) is 10.8 Å². The van der Waals surface area contributed by atoms with Gasteiger partial charge in [0.25, 0.3) is 10.0 Å². The maximum atomic E-state index is 13.0. The summed E-state index contributed by atoms with van der Waals surface area (Å²) >= 11 is 1.58. The molecule has 0 saturated carbocycles. The van der Waals surface area contributed by atoms with Gasteiger partial charge in [0.05, 0.1) is 10.6 Å². The Balaban J connectivity index is 1.36. The molecule has 3 heterocycles. The highest BCUT2D eigenvalue weighted by molar-refractivity contribution is 7.93. The molecule has 0 unspecified atom stereocenters. The van der Waals surface area contributed by atoms with Gasteiger partial charge < -0.3 is 9.80 Å². The molecule has 0 N–H and O–H groups in total. The number of thiazole rings is 1. The van der Waals surface area contributed by atoms with Crippen LogP contribution in [0.5, 0.6) is 0 Å². The first-order valence-corrected chi connectivity index (χ1v) is 11.3. The lowest BCUT2D eigenvalue weighted by molar-refractivity contribution is -0.129. The van der Waals surface area contributed by atoms with Gasteiger partial charge in [-0.25, -0.2) is 13.4 Å². The van der Waals surface area contributed by atoms with Crippen LogP contribution in [0.1, 0.15) is 0 Å². The van der Waals surface area contributed by atoms with Crippen molar-refractivity contribution in [2.24, 2.45) is 0 Å². The zero-order valence-corrected chi connectivity index (χ0v) is 16.6. The summed E-state index contributed by atoms with van der Waals surface area (Å²) in [7, 11) is -3.71. The quantitative estimate of drug-likeness (QED) is 0.657. The van der Waals surface area contributed by atoms with Crippen LogP contribution in [0.3, 0.4) is 0 Å². The van der Waals surface area contributed by atoms with E-state index in [4.69, 9.17) is 0 Å². The molecule has 0 aliphatic carbocycles. The third-order valence-corrected chi connectivity index (χ3v) is 7.92. The molecule has 1 aromatic heterocycles. The van der Waals surface area contributed by atoms with E-state index < -0.39 is 10.0 Å². The summed E-state index contributed by atoms with van der Waals surface area (Å²) in [5.41, 5.74) is 0.586. The van der Waals surface area contributed by atoms with E-state index in [2.05, 4.69) is 9.88 Å². The molecule has 9 heteroatoms. The largest absolute Gasteiger partial charge is 0.345 e. The molecule has 0 atom stereocenters. The first kappa shape index (κ1) is 17.4. The van der Waals surface area contributed by atoms with Crippen molar-refractivity contribution >= 4 is 48.9 Å². The summed E-state index contributed by atoms with van der Waals surface area (Å²) in [6.45, 7) is 2.34. The molecule has 0 spiro atoms. The average molecular weight is 415 g/mol. The number of benzene rings is 2. The molecular formula is C19H18N4O3S2. The Labute approximate surface area is 166 Å². The minimum Gasteiger partial charge on any atom is -0.345 e. The lowest BCUT2D eigenvalue weighted by atomic mass is 10.1. The average Bonchev–Trinajstić information content (AvgIpc) is 3.32. The highest BCUT2D eigenvalue weighted by Gasteiger charge is 2.37. The highest BCUT2D eigenvalue weighted by Crippen LogP contribution is 2.41. The third kappa shape index (κ3) is 2.65. The van der Waals surface area contributed by atoms with Crippen molar-refractivity contribution < 1.29 is 13.2 Å². The third-order valence-electron chi connectivity index (χ3n) is 5.28. The summed E-state index contributed by atoms with van der Waals surface area (Å²) in [4.78, 5) is 21.4. The van der Waals surface area contributed by atoms with Gasteiger partial charge in [0.15, 0.2) is 5.13 Å². The summed E-state index contributed by atoms with van der Waals surface area (Å²) in [5.74, 6) is -0.174. The molecule has 144 valence electrons. The van der Waals surface area contributed by atoms with Gasteiger partial charge in [-0.15, -0.1) is 11.3 Å². The van der Waals surface area contributed by atoms with E-state index >= 15 is 0 Å². The Morgan fingerprint density at radius 3 is 2.54 bits per heavy atom. The number of piperazine rings is 1. The Morgan fingerprint density at radius 1 is 1.07 bits per heavy atom. The number of nitrogens with zero attached hydrogens (tertiary/aromatic N) is 4. The predicted molar refractivity (Wildman–Crippen MR) is 109 cm³/mol. The Morgan fingerprint density at radius 2 is 1.82 bits per heavy atom. The van der Waals surface area contributed by atoms with E-state index in [1.54, 1.807) is 40.6 Å². The van der Waals surface area contributed by atoms with Gasteiger partial charge in [-0.1, -0.05) is 24.3 Å². The van der Waals surface area contributed by atoms with Crippen LogP contribution in [-0.2, 0) is 14.8 Å². The summed E-state index contributed by atoms with van der Waals surface area (Å²) in [5, 5.41) is 4.46. The van der Waals surface area contributed by atoms with Gasteiger partial charge in [-0.2, -0.15) is 0 Å². The first-order chi connectivity index (χ1) is 13.6. The van der Waals surface area contributed by atoms with Gasteiger partial charge in [0.1, 0.15) is 6.54 Å². The summed E-state index contributed by atoms with van der Waals surface area (Å²) < 4.78 is 27.3. The number of aromatic nitrogens is 1. The van der Waals surface area contributed by atoms with Crippen molar-refractivity contribution in [3.05, 3.63) is 48.0 Å². The predicted octanol–water partition coefficient (Wildman–Crippen LogP) is 2.15. The molecule has 1 amide bonds. The molecule has 7 nitrogen and oxygen atoms in total. The first-order valence-electron chi connectivity index (χ1n) is 9.02. The fraction of sp³-hybridized carbons (Fsp3) is 0.263. The smallest absolute Gasteiger partial charge is 0.265 e. The SMILES string of the molecule is O=C(CN1c2cccc3cccc(c23)S1(=O)=O)N1CCN(c2nccs2)CC1. The van der Waals surface area contributed by atoms with Crippen molar-refractivity contribution in [1.82, 2.24) is 9.88 Å². The van der Waals surface area contributed by atoms with Crippen molar-refractivity contribution in [1.29, 1.82) is 0 Å². The summed E-state index contributed by atoms with van der Waals surface area (Å²) in [6, 6.07) is 10.7. The molecular weight excluding hydrogens is 396 g/mol. The van der Waals surface area contributed by atoms with Crippen molar-refractivity contribution in [2.45, 2.75) is 4.90 Å². The topological polar surface area (TPSA) is 73.8 Å². The number of carbonyl (C=O) groups excluding carboxylic acids is 1. The van der Waals surface area contributed by atoms with Crippen LogP contribution in [0.15, 0.2) is 52.9 Å². The van der Waals surface area contributed by atoms with Crippen LogP contribution in [0.2, 0.25) is 0 Å². The second-order valence-electron chi connectivity index (χ2n) is 6.83. The van der Waals surface area contributed by atoms with E-state index in [1.165, 1.54) is 4.31 Å². The zero-order chi connectivity index (χ0) is 19.3. The normalized spacial score (nSPS) is 18.1. The maximum Gasteiger partial charge on any atom is 0.265 e. The fourth-order valence-corrected chi connectivity index (χ4v) is 6.23. The number of carbonyl (C=O) groups is 1. The van der Waals surface area contributed by atoms with Gasteiger partial charge in [0, 0.05) is 43.1 Å². The highest BCUT2D eigenvalue weighted by atomic mass is 32.2. The standard InChI is InChI=1S/C19H18N4O3S2/c24-17(21-8-10-22(11-9-21)19-20-7-12-27-19)13-23-15-5-1-3-14-4-2-6-16(18(14)15)28(23,25)26/h1-7,12H,8-11,13H2. The van der Waals surface area contributed by atoms with Crippen LogP contribution >= 0.6 is 11.3 Å². The molecule has 0 bridgehead atoms. The van der Waals surface area contributed by atoms with E-state index in [0.717, 1.165) is 10.5 Å². The van der Waals surface area contributed by atoms with E-state index in [9.17, 15) is 13.2 Å². The molecule has 1 saturated heterocycles. The molecule has 3 aromatic rings. The molecule has 2 aliphatic heterocycles. The Bertz CT molecular complexity index is 1150. The van der Waals surface area contributed by atoms with Crippen LogP contribution in [0, 0.1) is 0 Å². The van der Waals surface area contributed by atoms with Crippen molar-refractivity contribution in [3.8, 4) is 0 Å². The lowest BCUT2D eigenvalue weighted by Gasteiger charge is -2.35. The van der Waals surface area contributed by atoms with Crippen LogP contribution in [0.4, 0.5) is 10.8 Å². The van der Waals surface area contributed by atoms with Crippen molar-refractivity contribution in [3.63, 3.8) is 0 Å². The molecule has 2 aliphatic rings. The van der Waals surface area contributed by atoms with Gasteiger partial charge in [0.2, 0.25) is 5.91 Å². The molecule has 0 radical (unpaired) electrons. The molecule has 5 rings (SSSR count). The van der Waals surface area contributed by atoms with Gasteiger partial charge >= 0.3 is 0 Å². The number of anilines is 2. The zero-order valence-electron chi connectivity index (χ0n) is 15.0. The van der Waals surface area contributed by atoms with Gasteiger partial charge in [-0.3, -0.25) is 9.10 Å². The minimum absolute atomic E-state index is 0.173. The number of sulfonamides is 1. The maximum absolute atomic E-state index is 13.0. The van der Waals surface area contributed by atoms with Gasteiger partial charge in [-0.05, 0) is 17.5 Å². The second-order valence-corrected chi connectivity index (χ2v) is 9.53. The number of amides is 1. The van der Waals surface area contributed by atoms with E-state index in [1.807, 2.05) is 23.6 Å². The van der Waals surface area contributed by atoms with Crippen LogP contribution < -0.4 is 9.21 Å². The Hall–Kier alpha value is -2.65. The molecule has 28 heavy (non-hydrogen) atoms. The number of hydrogen-bond acceptors (Lipinski definition) is 6. The second kappa shape index (κ2) is 6.46. The van der Waals surface area contributed by atoms with Crippen molar-refractivity contribution in [2.75, 3.05) is 41.9 Å². The molecule has 2 aromatic carbocycles. The van der Waals surface area contributed by atoms with E-state index in [0.29, 0.717) is 37.3 Å². The number of hydrogen-bond donors (Lipinski definition) is 0. The fourth-order valence-electron chi connectivity index (χ4n) is 3.87.